The van der Waals surface area contributed by atoms with Crippen molar-refractivity contribution in [1.82, 2.24) is 30.4 Å². The van der Waals surface area contributed by atoms with Crippen LogP contribution in [0.1, 0.15) is 48.3 Å². The second-order valence-electron chi connectivity index (χ2n) is 10.2. The predicted octanol–water partition coefficient (Wildman–Crippen LogP) is 4.01. The zero-order valence-electron chi connectivity index (χ0n) is 22.9. The molecule has 1 saturated heterocycles. The first-order chi connectivity index (χ1) is 19.8. The number of aromatic nitrogens is 4. The standard InChI is InChI=1S/C28H32F3N7O3/c1-17(2)38(15-25(30)31)28(39)20-13-18(29)3-4-23(20)41-27-26(34-16-35-36-27)37-11-7-19(8-12-37)40-24-6-10-33-22-5-9-32-14-21(22)24/h3-4,6,10,13,16-17,19,25,32H,5,7-9,11-12,14-15H2,1-2H3. The summed E-state index contributed by atoms with van der Waals surface area (Å²) in [6.07, 6.45) is 2.63. The Balaban J connectivity index is 1.31. The van der Waals surface area contributed by atoms with Gasteiger partial charge in [-0.15, -0.1) is 10.2 Å². The maximum absolute atomic E-state index is 14.2. The van der Waals surface area contributed by atoms with Gasteiger partial charge in [-0.3, -0.25) is 9.78 Å². The quantitative estimate of drug-likeness (QED) is 0.408. The molecule has 218 valence electrons. The van der Waals surface area contributed by atoms with Crippen LogP contribution in [0.4, 0.5) is 19.0 Å². The number of piperidine rings is 1. The lowest BCUT2D eigenvalue weighted by Gasteiger charge is -2.33. The van der Waals surface area contributed by atoms with E-state index in [1.807, 2.05) is 11.0 Å². The monoisotopic (exact) mass is 571 g/mol. The molecule has 0 unspecified atom stereocenters. The van der Waals surface area contributed by atoms with Crippen LogP contribution in [0.3, 0.4) is 0 Å². The molecule has 0 saturated carbocycles. The summed E-state index contributed by atoms with van der Waals surface area (Å²) in [7, 11) is 0. The number of pyridine rings is 1. The fourth-order valence-corrected chi connectivity index (χ4v) is 5.05. The number of fused-ring (bicyclic) bond motifs is 1. The summed E-state index contributed by atoms with van der Waals surface area (Å²) in [5.74, 6) is -0.239. The highest BCUT2D eigenvalue weighted by Crippen LogP contribution is 2.33. The average Bonchev–Trinajstić information content (AvgIpc) is 2.97. The number of nitrogens with zero attached hydrogens (tertiary/aromatic N) is 6. The molecule has 2 aromatic heterocycles. The van der Waals surface area contributed by atoms with Crippen LogP contribution in [-0.4, -0.2) is 75.7 Å². The first-order valence-electron chi connectivity index (χ1n) is 13.6. The molecule has 5 rings (SSSR count). The van der Waals surface area contributed by atoms with E-state index in [2.05, 4.69) is 25.5 Å². The van der Waals surface area contributed by atoms with Gasteiger partial charge in [0.2, 0.25) is 0 Å². The summed E-state index contributed by atoms with van der Waals surface area (Å²) in [6.45, 7) is 5.25. The van der Waals surface area contributed by atoms with Gasteiger partial charge in [0, 0.05) is 68.9 Å². The smallest absolute Gasteiger partial charge is 0.282 e. The van der Waals surface area contributed by atoms with Crippen LogP contribution >= 0.6 is 0 Å². The summed E-state index contributed by atoms with van der Waals surface area (Å²) in [5, 5.41) is 11.3. The lowest BCUT2D eigenvalue weighted by atomic mass is 10.1. The topological polar surface area (TPSA) is 106 Å². The van der Waals surface area contributed by atoms with Crippen LogP contribution in [0.5, 0.6) is 17.4 Å². The maximum atomic E-state index is 14.2. The van der Waals surface area contributed by atoms with Gasteiger partial charge in [0.05, 0.1) is 12.1 Å². The second-order valence-corrected chi connectivity index (χ2v) is 10.2. The zero-order valence-corrected chi connectivity index (χ0v) is 22.9. The molecule has 0 radical (unpaired) electrons. The predicted molar refractivity (Wildman–Crippen MR) is 144 cm³/mol. The molecule has 0 spiro atoms. The Bertz CT molecular complexity index is 1370. The Morgan fingerprint density at radius 3 is 2.73 bits per heavy atom. The highest BCUT2D eigenvalue weighted by molar-refractivity contribution is 5.97. The number of amides is 1. The lowest BCUT2D eigenvalue weighted by molar-refractivity contribution is 0.0473. The molecule has 0 atom stereocenters. The minimum Gasteiger partial charge on any atom is -0.490 e. The van der Waals surface area contributed by atoms with Crippen molar-refractivity contribution in [2.24, 2.45) is 0 Å². The molecule has 13 heteroatoms. The number of alkyl halides is 2. The third kappa shape index (κ3) is 6.67. The van der Waals surface area contributed by atoms with Gasteiger partial charge in [0.1, 0.15) is 29.7 Å². The van der Waals surface area contributed by atoms with E-state index >= 15 is 0 Å². The number of rotatable bonds is 9. The van der Waals surface area contributed by atoms with Gasteiger partial charge >= 0.3 is 0 Å². The maximum Gasteiger partial charge on any atom is 0.282 e. The van der Waals surface area contributed by atoms with Crippen molar-refractivity contribution in [3.05, 3.63) is 59.4 Å². The van der Waals surface area contributed by atoms with Crippen molar-refractivity contribution in [2.75, 3.05) is 31.1 Å². The van der Waals surface area contributed by atoms with Crippen LogP contribution in [0, 0.1) is 5.82 Å². The fraction of sp³-hybridized carbons (Fsp3) is 0.464. The van der Waals surface area contributed by atoms with Crippen molar-refractivity contribution < 1.29 is 27.4 Å². The molecule has 1 amide bonds. The van der Waals surface area contributed by atoms with E-state index in [1.54, 1.807) is 20.0 Å². The van der Waals surface area contributed by atoms with E-state index in [0.717, 1.165) is 53.5 Å². The first-order valence-corrected chi connectivity index (χ1v) is 13.6. The van der Waals surface area contributed by atoms with Crippen LogP contribution in [0.15, 0.2) is 36.8 Å². The summed E-state index contributed by atoms with van der Waals surface area (Å²) < 4.78 is 52.9. The van der Waals surface area contributed by atoms with Gasteiger partial charge in [-0.05, 0) is 38.1 Å². The van der Waals surface area contributed by atoms with E-state index in [9.17, 15) is 18.0 Å². The van der Waals surface area contributed by atoms with Crippen molar-refractivity contribution >= 4 is 11.7 Å². The molecule has 4 heterocycles. The molecule has 10 nitrogen and oxygen atoms in total. The van der Waals surface area contributed by atoms with Crippen LogP contribution in [0.2, 0.25) is 0 Å². The molecule has 0 bridgehead atoms. The highest BCUT2D eigenvalue weighted by Gasteiger charge is 2.29. The largest absolute Gasteiger partial charge is 0.490 e. The Morgan fingerprint density at radius 1 is 1.17 bits per heavy atom. The van der Waals surface area contributed by atoms with Gasteiger partial charge in [0.25, 0.3) is 18.2 Å². The molecule has 2 aliphatic rings. The summed E-state index contributed by atoms with van der Waals surface area (Å²) in [5.41, 5.74) is 1.97. The number of carbonyl (C=O) groups excluding carboxylic acids is 1. The minimum absolute atomic E-state index is 0.00276. The van der Waals surface area contributed by atoms with Gasteiger partial charge in [-0.1, -0.05) is 0 Å². The molecule has 41 heavy (non-hydrogen) atoms. The minimum atomic E-state index is -2.75. The van der Waals surface area contributed by atoms with Crippen molar-refractivity contribution in [3.63, 3.8) is 0 Å². The lowest BCUT2D eigenvalue weighted by Crippen LogP contribution is -2.40. The molecule has 1 aromatic carbocycles. The Hall–Kier alpha value is -4.00. The van der Waals surface area contributed by atoms with E-state index in [4.69, 9.17) is 9.47 Å². The number of halogens is 3. The number of nitrogens with one attached hydrogen (secondary N) is 1. The summed E-state index contributed by atoms with van der Waals surface area (Å²) >= 11 is 0. The molecule has 1 fully saturated rings. The second kappa shape index (κ2) is 12.7. The zero-order chi connectivity index (χ0) is 28.9. The number of hydrogen-bond acceptors (Lipinski definition) is 9. The van der Waals surface area contributed by atoms with Gasteiger partial charge in [-0.2, -0.15) is 0 Å². The molecule has 0 aliphatic carbocycles. The number of anilines is 1. The number of hydrogen-bond donors (Lipinski definition) is 1. The van der Waals surface area contributed by atoms with Crippen molar-refractivity contribution in [2.45, 2.75) is 58.2 Å². The van der Waals surface area contributed by atoms with Gasteiger partial charge in [-0.25, -0.2) is 18.2 Å². The number of carbonyl (C=O) groups is 1. The molecule has 1 N–H and O–H groups in total. The van der Waals surface area contributed by atoms with Crippen LogP contribution in [0.25, 0.3) is 0 Å². The van der Waals surface area contributed by atoms with E-state index in [0.29, 0.717) is 31.7 Å². The molecule has 2 aliphatic heterocycles. The van der Waals surface area contributed by atoms with Gasteiger partial charge in [0.15, 0.2) is 5.82 Å². The van der Waals surface area contributed by atoms with Crippen LogP contribution in [-0.2, 0) is 13.0 Å². The van der Waals surface area contributed by atoms with Crippen LogP contribution < -0.4 is 19.7 Å². The third-order valence-electron chi connectivity index (χ3n) is 7.15. The van der Waals surface area contributed by atoms with Crippen molar-refractivity contribution in [3.8, 4) is 17.4 Å². The third-order valence-corrected chi connectivity index (χ3v) is 7.15. The van der Waals surface area contributed by atoms with E-state index < -0.39 is 30.7 Å². The fourth-order valence-electron chi connectivity index (χ4n) is 5.05. The van der Waals surface area contributed by atoms with E-state index in [1.165, 1.54) is 12.4 Å². The number of benzene rings is 1. The first kappa shape index (κ1) is 28.5. The Morgan fingerprint density at radius 2 is 1.98 bits per heavy atom. The van der Waals surface area contributed by atoms with Crippen molar-refractivity contribution in [1.29, 1.82) is 0 Å². The number of ether oxygens (including phenoxy) is 2. The Labute approximate surface area is 235 Å². The SMILES string of the molecule is CC(C)N(CC(F)F)C(=O)c1cc(F)ccc1Oc1nncnc1N1CCC(Oc2ccnc3c2CNCC3)CC1. The van der Waals surface area contributed by atoms with E-state index in [-0.39, 0.29) is 23.3 Å². The summed E-state index contributed by atoms with van der Waals surface area (Å²) in [4.78, 5) is 25.0. The molecule has 3 aromatic rings. The highest BCUT2D eigenvalue weighted by atomic mass is 19.3. The summed E-state index contributed by atoms with van der Waals surface area (Å²) in [6, 6.07) is 4.73. The molecular weight excluding hydrogens is 539 g/mol. The molecular formula is C28H32F3N7O3. The van der Waals surface area contributed by atoms with Gasteiger partial charge < -0.3 is 24.6 Å². The normalized spacial score (nSPS) is 15.6. The Kier molecular flexibility index (Phi) is 8.81. The average molecular weight is 572 g/mol.